The number of hydrogen-bond acceptors (Lipinski definition) is 3. The maximum Gasteiger partial charge on any atom is 0.253 e. The van der Waals surface area contributed by atoms with Gasteiger partial charge in [0, 0.05) is 60.1 Å². The van der Waals surface area contributed by atoms with Crippen molar-refractivity contribution >= 4 is 22.5 Å². The van der Waals surface area contributed by atoms with Crippen LogP contribution in [-0.4, -0.2) is 67.0 Å². The highest BCUT2D eigenvalue weighted by Crippen LogP contribution is 2.31. The standard InChI is InChI=1S/C26H32N4O/c1-18-4-7-20(8-5-18)29-12-14-30(15-13-29)26(31)19-6-10-24-22(16-19)23-17-21(28(2)3)9-11-25(23)27-24/h4-8,10,16,21,27H,9,11-15,17H2,1-3H3. The monoisotopic (exact) mass is 416 g/mol. The van der Waals surface area contributed by atoms with Crippen molar-refractivity contribution in [3.05, 3.63) is 64.8 Å². The van der Waals surface area contributed by atoms with Gasteiger partial charge in [-0.05, 0) is 76.2 Å². The summed E-state index contributed by atoms with van der Waals surface area (Å²) in [6.45, 7) is 5.39. The number of H-pyrrole nitrogens is 1. The summed E-state index contributed by atoms with van der Waals surface area (Å²) in [5.41, 5.74) is 7.24. The molecule has 5 nitrogen and oxygen atoms in total. The Bertz CT molecular complexity index is 1090. The zero-order valence-corrected chi connectivity index (χ0v) is 18.8. The summed E-state index contributed by atoms with van der Waals surface area (Å²) < 4.78 is 0. The molecule has 1 atom stereocenters. The van der Waals surface area contributed by atoms with Crippen LogP contribution in [0.2, 0.25) is 0 Å². The number of carbonyl (C=O) groups excluding carboxylic acids is 1. The van der Waals surface area contributed by atoms with Crippen molar-refractivity contribution in [3.63, 3.8) is 0 Å². The van der Waals surface area contributed by atoms with Crippen LogP contribution < -0.4 is 4.90 Å². The third-order valence-corrected chi connectivity index (χ3v) is 7.11. The quantitative estimate of drug-likeness (QED) is 0.705. The number of likely N-dealkylation sites (N-methyl/N-ethyl adjacent to an activating group) is 1. The minimum Gasteiger partial charge on any atom is -0.368 e. The third kappa shape index (κ3) is 3.83. The zero-order valence-electron chi connectivity index (χ0n) is 18.8. The number of piperazine rings is 1. The third-order valence-electron chi connectivity index (χ3n) is 7.11. The van der Waals surface area contributed by atoms with E-state index in [1.807, 2.05) is 11.0 Å². The fraction of sp³-hybridized carbons (Fsp3) is 0.423. The number of rotatable bonds is 3. The Labute approximate surface area is 184 Å². The van der Waals surface area contributed by atoms with Crippen LogP contribution in [0.3, 0.4) is 0 Å². The summed E-state index contributed by atoms with van der Waals surface area (Å²) in [5, 5.41) is 1.23. The molecular formula is C26H32N4O. The van der Waals surface area contributed by atoms with Crippen molar-refractivity contribution in [1.29, 1.82) is 0 Å². The van der Waals surface area contributed by atoms with Crippen LogP contribution in [0.15, 0.2) is 42.5 Å². The second-order valence-corrected chi connectivity index (χ2v) is 9.32. The van der Waals surface area contributed by atoms with Crippen LogP contribution in [-0.2, 0) is 12.8 Å². The van der Waals surface area contributed by atoms with Gasteiger partial charge in [0.2, 0.25) is 0 Å². The number of aryl methyl sites for hydroxylation is 2. The Balaban J connectivity index is 1.32. The van der Waals surface area contributed by atoms with Crippen LogP contribution in [0.5, 0.6) is 0 Å². The molecule has 3 aromatic rings. The number of aromatic amines is 1. The minimum absolute atomic E-state index is 0.153. The average molecular weight is 417 g/mol. The largest absolute Gasteiger partial charge is 0.368 e. The molecule has 2 heterocycles. The van der Waals surface area contributed by atoms with Gasteiger partial charge in [0.1, 0.15) is 0 Å². The number of fused-ring (bicyclic) bond motifs is 3. The molecule has 1 aromatic heterocycles. The van der Waals surface area contributed by atoms with Crippen LogP contribution in [0.25, 0.3) is 10.9 Å². The molecule has 1 aliphatic heterocycles. The maximum absolute atomic E-state index is 13.3. The number of amides is 1. The second kappa shape index (κ2) is 8.04. The molecule has 2 aromatic carbocycles. The van der Waals surface area contributed by atoms with E-state index in [0.717, 1.165) is 50.1 Å². The van der Waals surface area contributed by atoms with Crippen molar-refractivity contribution in [1.82, 2.24) is 14.8 Å². The van der Waals surface area contributed by atoms with E-state index in [9.17, 15) is 4.79 Å². The van der Waals surface area contributed by atoms with Crippen LogP contribution in [0.1, 0.15) is 33.6 Å². The SMILES string of the molecule is Cc1ccc(N2CCN(C(=O)c3ccc4[nH]c5c(c4c3)CC(N(C)C)CC5)CC2)cc1. The van der Waals surface area contributed by atoms with E-state index in [-0.39, 0.29) is 5.91 Å². The van der Waals surface area contributed by atoms with E-state index in [4.69, 9.17) is 0 Å². The predicted octanol–water partition coefficient (Wildman–Crippen LogP) is 3.86. The molecule has 2 aliphatic rings. The maximum atomic E-state index is 13.3. The number of carbonyl (C=O) groups is 1. The number of nitrogens with zero attached hydrogens (tertiary/aromatic N) is 3. The molecule has 1 aliphatic carbocycles. The first-order valence-electron chi connectivity index (χ1n) is 11.4. The zero-order chi connectivity index (χ0) is 21.5. The molecule has 0 saturated carbocycles. The van der Waals surface area contributed by atoms with Gasteiger partial charge in [0.15, 0.2) is 0 Å². The predicted molar refractivity (Wildman–Crippen MR) is 127 cm³/mol. The molecule has 5 rings (SSSR count). The highest BCUT2D eigenvalue weighted by molar-refractivity contribution is 5.99. The van der Waals surface area contributed by atoms with Crippen LogP contribution in [0, 0.1) is 6.92 Å². The molecule has 1 amide bonds. The Hall–Kier alpha value is -2.79. The number of aromatic nitrogens is 1. The Morgan fingerprint density at radius 1 is 1.03 bits per heavy atom. The molecule has 0 radical (unpaired) electrons. The average Bonchev–Trinajstić information content (AvgIpc) is 3.16. The molecule has 1 N–H and O–H groups in total. The first-order valence-corrected chi connectivity index (χ1v) is 11.4. The first kappa shape index (κ1) is 20.1. The van der Waals surface area contributed by atoms with Crippen LogP contribution >= 0.6 is 0 Å². The summed E-state index contributed by atoms with van der Waals surface area (Å²) in [7, 11) is 4.32. The molecule has 0 bridgehead atoms. The van der Waals surface area contributed by atoms with Gasteiger partial charge in [0.25, 0.3) is 5.91 Å². The van der Waals surface area contributed by atoms with E-state index in [2.05, 4.69) is 72.2 Å². The fourth-order valence-corrected chi connectivity index (χ4v) is 5.08. The molecular weight excluding hydrogens is 384 g/mol. The van der Waals surface area contributed by atoms with E-state index in [1.54, 1.807) is 0 Å². The molecule has 1 unspecified atom stereocenters. The normalized spacial score (nSPS) is 19.2. The molecule has 1 fully saturated rings. The summed E-state index contributed by atoms with van der Waals surface area (Å²) in [4.78, 5) is 23.6. The summed E-state index contributed by atoms with van der Waals surface area (Å²) in [5.74, 6) is 0.153. The summed E-state index contributed by atoms with van der Waals surface area (Å²) >= 11 is 0. The van der Waals surface area contributed by atoms with Gasteiger partial charge >= 0.3 is 0 Å². The highest BCUT2D eigenvalue weighted by atomic mass is 16.2. The lowest BCUT2D eigenvalue weighted by Crippen LogP contribution is -2.48. The van der Waals surface area contributed by atoms with E-state index >= 15 is 0 Å². The lowest BCUT2D eigenvalue weighted by molar-refractivity contribution is 0.0747. The molecule has 31 heavy (non-hydrogen) atoms. The van der Waals surface area contributed by atoms with Crippen molar-refractivity contribution in [2.45, 2.75) is 32.2 Å². The van der Waals surface area contributed by atoms with Gasteiger partial charge < -0.3 is 19.7 Å². The number of benzene rings is 2. The number of nitrogens with one attached hydrogen (secondary N) is 1. The topological polar surface area (TPSA) is 42.6 Å². The Kier molecular flexibility index (Phi) is 5.22. The van der Waals surface area contributed by atoms with Crippen LogP contribution in [0.4, 0.5) is 5.69 Å². The smallest absolute Gasteiger partial charge is 0.253 e. The minimum atomic E-state index is 0.153. The second-order valence-electron chi connectivity index (χ2n) is 9.32. The van der Waals surface area contributed by atoms with E-state index in [0.29, 0.717) is 6.04 Å². The summed E-state index contributed by atoms with van der Waals surface area (Å²) in [6.07, 6.45) is 3.32. The highest BCUT2D eigenvalue weighted by Gasteiger charge is 2.26. The molecule has 5 heteroatoms. The van der Waals surface area contributed by atoms with E-state index in [1.165, 1.54) is 34.3 Å². The van der Waals surface area contributed by atoms with Gasteiger partial charge in [0.05, 0.1) is 0 Å². The van der Waals surface area contributed by atoms with Gasteiger partial charge in [-0.2, -0.15) is 0 Å². The lowest BCUT2D eigenvalue weighted by atomic mass is 9.90. The van der Waals surface area contributed by atoms with Gasteiger partial charge in [-0.25, -0.2) is 0 Å². The number of hydrogen-bond donors (Lipinski definition) is 1. The first-order chi connectivity index (χ1) is 15.0. The Morgan fingerprint density at radius 2 is 1.77 bits per heavy atom. The molecule has 162 valence electrons. The van der Waals surface area contributed by atoms with Gasteiger partial charge in [-0.3, -0.25) is 4.79 Å². The van der Waals surface area contributed by atoms with Crippen molar-refractivity contribution < 1.29 is 4.79 Å². The lowest BCUT2D eigenvalue weighted by Gasteiger charge is -2.36. The van der Waals surface area contributed by atoms with Crippen molar-refractivity contribution in [2.75, 3.05) is 45.2 Å². The fourth-order valence-electron chi connectivity index (χ4n) is 5.08. The van der Waals surface area contributed by atoms with E-state index < -0.39 is 0 Å². The molecule has 1 saturated heterocycles. The van der Waals surface area contributed by atoms with Gasteiger partial charge in [-0.1, -0.05) is 17.7 Å². The molecule has 0 spiro atoms. The van der Waals surface area contributed by atoms with Crippen molar-refractivity contribution in [2.24, 2.45) is 0 Å². The van der Waals surface area contributed by atoms with Gasteiger partial charge in [-0.15, -0.1) is 0 Å². The Morgan fingerprint density at radius 3 is 2.48 bits per heavy atom. The van der Waals surface area contributed by atoms with Crippen molar-refractivity contribution in [3.8, 4) is 0 Å². The summed E-state index contributed by atoms with van der Waals surface area (Å²) in [6, 6.07) is 15.4. The number of anilines is 1.